The second-order valence-electron chi connectivity index (χ2n) is 6.66. The van der Waals surface area contributed by atoms with E-state index in [2.05, 4.69) is 10.4 Å². The molecule has 3 aromatic rings. The van der Waals surface area contributed by atoms with Crippen LogP contribution in [-0.4, -0.2) is 28.0 Å². The standard InChI is InChI=1S/C20H20N4O2/c1-14-5-7-17(8-6-14)23-13-15(10-19(23)25)20(26)21-11-16-12-22-24-9-3-2-4-18(16)24/h2-9,12,15H,10-11,13H2,1H3,(H,21,26)/t15-/m0/s1. The Labute approximate surface area is 151 Å². The van der Waals surface area contributed by atoms with Gasteiger partial charge in [-0.05, 0) is 31.2 Å². The molecule has 132 valence electrons. The molecule has 1 fully saturated rings. The lowest BCUT2D eigenvalue weighted by Crippen LogP contribution is -2.32. The number of carbonyl (C=O) groups is 2. The van der Waals surface area contributed by atoms with Gasteiger partial charge < -0.3 is 10.2 Å². The molecule has 1 saturated heterocycles. The van der Waals surface area contributed by atoms with Crippen molar-refractivity contribution in [2.75, 3.05) is 11.4 Å². The number of nitrogens with one attached hydrogen (secondary N) is 1. The Morgan fingerprint density at radius 2 is 2.04 bits per heavy atom. The quantitative estimate of drug-likeness (QED) is 0.787. The van der Waals surface area contributed by atoms with Crippen molar-refractivity contribution in [3.8, 4) is 0 Å². The summed E-state index contributed by atoms with van der Waals surface area (Å²) >= 11 is 0. The van der Waals surface area contributed by atoms with Gasteiger partial charge in [0, 0.05) is 37.0 Å². The van der Waals surface area contributed by atoms with Gasteiger partial charge in [0.15, 0.2) is 0 Å². The van der Waals surface area contributed by atoms with Crippen molar-refractivity contribution in [2.45, 2.75) is 19.9 Å². The fraction of sp³-hybridized carbons (Fsp3) is 0.250. The lowest BCUT2D eigenvalue weighted by atomic mass is 10.1. The van der Waals surface area contributed by atoms with E-state index in [0.29, 0.717) is 13.1 Å². The summed E-state index contributed by atoms with van der Waals surface area (Å²) in [4.78, 5) is 26.5. The second-order valence-corrected chi connectivity index (χ2v) is 6.66. The van der Waals surface area contributed by atoms with Crippen LogP contribution in [0, 0.1) is 12.8 Å². The molecule has 1 N–H and O–H groups in total. The largest absolute Gasteiger partial charge is 0.352 e. The zero-order valence-corrected chi connectivity index (χ0v) is 14.6. The molecular formula is C20H20N4O2. The summed E-state index contributed by atoms with van der Waals surface area (Å²) in [7, 11) is 0. The number of anilines is 1. The van der Waals surface area contributed by atoms with Crippen molar-refractivity contribution in [1.82, 2.24) is 14.9 Å². The van der Waals surface area contributed by atoms with Gasteiger partial charge in [-0.3, -0.25) is 9.59 Å². The highest BCUT2D eigenvalue weighted by Gasteiger charge is 2.35. The summed E-state index contributed by atoms with van der Waals surface area (Å²) in [6, 6.07) is 13.6. The van der Waals surface area contributed by atoms with Crippen molar-refractivity contribution < 1.29 is 9.59 Å². The number of hydrogen-bond donors (Lipinski definition) is 1. The predicted molar refractivity (Wildman–Crippen MR) is 98.7 cm³/mol. The average Bonchev–Trinajstić information content (AvgIpc) is 3.24. The maximum atomic E-state index is 12.5. The molecule has 26 heavy (non-hydrogen) atoms. The molecular weight excluding hydrogens is 328 g/mol. The van der Waals surface area contributed by atoms with Crippen LogP contribution in [0.1, 0.15) is 17.5 Å². The Morgan fingerprint density at radius 1 is 1.23 bits per heavy atom. The Morgan fingerprint density at radius 3 is 2.85 bits per heavy atom. The Kier molecular flexibility index (Phi) is 4.16. The van der Waals surface area contributed by atoms with Gasteiger partial charge in [-0.2, -0.15) is 5.10 Å². The number of carbonyl (C=O) groups excluding carboxylic acids is 2. The number of aromatic nitrogens is 2. The Bertz CT molecular complexity index is 961. The average molecular weight is 348 g/mol. The molecule has 1 atom stereocenters. The minimum absolute atomic E-state index is 0.00927. The van der Waals surface area contributed by atoms with Crippen LogP contribution in [0.5, 0.6) is 0 Å². The van der Waals surface area contributed by atoms with Gasteiger partial charge >= 0.3 is 0 Å². The van der Waals surface area contributed by atoms with Crippen molar-refractivity contribution in [1.29, 1.82) is 0 Å². The normalized spacial score (nSPS) is 17.0. The summed E-state index contributed by atoms with van der Waals surface area (Å²) in [5, 5.41) is 7.22. The first-order valence-corrected chi connectivity index (χ1v) is 8.68. The summed E-state index contributed by atoms with van der Waals surface area (Å²) in [6.45, 7) is 2.83. The van der Waals surface area contributed by atoms with Gasteiger partial charge in [0.1, 0.15) is 0 Å². The molecule has 0 bridgehead atoms. The number of rotatable bonds is 4. The fourth-order valence-corrected chi connectivity index (χ4v) is 3.31. The number of nitrogens with zero attached hydrogens (tertiary/aromatic N) is 3. The third-order valence-electron chi connectivity index (χ3n) is 4.80. The number of fused-ring (bicyclic) bond motifs is 1. The van der Waals surface area contributed by atoms with Gasteiger partial charge in [-0.15, -0.1) is 0 Å². The third kappa shape index (κ3) is 3.06. The zero-order valence-electron chi connectivity index (χ0n) is 14.6. The van der Waals surface area contributed by atoms with Crippen LogP contribution < -0.4 is 10.2 Å². The first-order chi connectivity index (χ1) is 12.6. The lowest BCUT2D eigenvalue weighted by molar-refractivity contribution is -0.126. The highest BCUT2D eigenvalue weighted by atomic mass is 16.2. The molecule has 6 heteroatoms. The molecule has 0 aliphatic carbocycles. The van der Waals surface area contributed by atoms with E-state index in [0.717, 1.165) is 22.3 Å². The lowest BCUT2D eigenvalue weighted by Gasteiger charge is -2.17. The number of amides is 2. The predicted octanol–water partition coefficient (Wildman–Crippen LogP) is 2.31. The molecule has 1 aliphatic heterocycles. The molecule has 2 aromatic heterocycles. The van der Waals surface area contributed by atoms with Gasteiger partial charge in [0.05, 0.1) is 17.6 Å². The van der Waals surface area contributed by atoms with E-state index >= 15 is 0 Å². The summed E-state index contributed by atoms with van der Waals surface area (Å²) in [5.74, 6) is -0.432. The number of pyridine rings is 1. The fourth-order valence-electron chi connectivity index (χ4n) is 3.31. The maximum Gasteiger partial charge on any atom is 0.227 e. The molecule has 6 nitrogen and oxygen atoms in total. The molecule has 2 amide bonds. The van der Waals surface area contributed by atoms with E-state index in [9.17, 15) is 9.59 Å². The SMILES string of the molecule is Cc1ccc(N2C[C@@H](C(=O)NCc3cnn4ccccc34)CC2=O)cc1. The van der Waals surface area contributed by atoms with Crippen LogP contribution in [-0.2, 0) is 16.1 Å². The van der Waals surface area contributed by atoms with Crippen LogP contribution in [0.4, 0.5) is 5.69 Å². The number of aryl methyl sites for hydroxylation is 1. The monoisotopic (exact) mass is 348 g/mol. The van der Waals surface area contributed by atoms with Gasteiger partial charge in [0.25, 0.3) is 0 Å². The van der Waals surface area contributed by atoms with E-state index in [1.54, 1.807) is 15.6 Å². The van der Waals surface area contributed by atoms with E-state index < -0.39 is 0 Å². The van der Waals surface area contributed by atoms with E-state index in [1.165, 1.54) is 0 Å². The van der Waals surface area contributed by atoms with Gasteiger partial charge in [0.2, 0.25) is 11.8 Å². The maximum absolute atomic E-state index is 12.5. The van der Waals surface area contributed by atoms with Crippen LogP contribution >= 0.6 is 0 Å². The third-order valence-corrected chi connectivity index (χ3v) is 4.80. The summed E-state index contributed by atoms with van der Waals surface area (Å²) in [6.07, 6.45) is 3.87. The van der Waals surface area contributed by atoms with E-state index in [4.69, 9.17) is 0 Å². The topological polar surface area (TPSA) is 66.7 Å². The zero-order chi connectivity index (χ0) is 18.1. The minimum Gasteiger partial charge on any atom is -0.352 e. The van der Waals surface area contributed by atoms with E-state index in [1.807, 2.05) is 55.6 Å². The molecule has 0 radical (unpaired) electrons. The smallest absolute Gasteiger partial charge is 0.227 e. The Hall–Kier alpha value is -3.15. The van der Waals surface area contributed by atoms with Gasteiger partial charge in [-0.25, -0.2) is 4.52 Å². The molecule has 4 rings (SSSR count). The first kappa shape index (κ1) is 16.3. The van der Waals surface area contributed by atoms with Crippen molar-refractivity contribution in [3.63, 3.8) is 0 Å². The minimum atomic E-state index is -0.328. The van der Waals surface area contributed by atoms with E-state index in [-0.39, 0.29) is 24.2 Å². The molecule has 3 heterocycles. The number of hydrogen-bond acceptors (Lipinski definition) is 3. The molecule has 0 unspecified atom stereocenters. The van der Waals surface area contributed by atoms with Crippen molar-refractivity contribution in [3.05, 3.63) is 66.0 Å². The van der Waals surface area contributed by atoms with Crippen molar-refractivity contribution in [2.24, 2.45) is 5.92 Å². The van der Waals surface area contributed by atoms with Crippen LogP contribution in [0.25, 0.3) is 5.52 Å². The second kappa shape index (κ2) is 6.63. The van der Waals surface area contributed by atoms with Crippen LogP contribution in [0.15, 0.2) is 54.9 Å². The number of benzene rings is 1. The van der Waals surface area contributed by atoms with Crippen molar-refractivity contribution >= 4 is 23.0 Å². The summed E-state index contributed by atoms with van der Waals surface area (Å²) in [5.41, 5.74) is 3.91. The van der Waals surface area contributed by atoms with Crippen LogP contribution in [0.3, 0.4) is 0 Å². The molecule has 0 spiro atoms. The summed E-state index contributed by atoms with van der Waals surface area (Å²) < 4.78 is 1.78. The first-order valence-electron chi connectivity index (χ1n) is 8.68. The Balaban J connectivity index is 1.41. The molecule has 1 aliphatic rings. The highest BCUT2D eigenvalue weighted by molar-refractivity contribution is 6.00. The highest BCUT2D eigenvalue weighted by Crippen LogP contribution is 2.25. The van der Waals surface area contributed by atoms with Crippen LogP contribution in [0.2, 0.25) is 0 Å². The molecule has 0 saturated carbocycles. The molecule has 1 aromatic carbocycles. The van der Waals surface area contributed by atoms with Gasteiger partial charge in [-0.1, -0.05) is 23.8 Å².